The topological polar surface area (TPSA) is 70.7 Å². The molecule has 1 aromatic carbocycles. The Bertz CT molecular complexity index is 583. The number of rotatable bonds is 6. The second kappa shape index (κ2) is 9.03. The number of likely N-dealkylation sites (N-methyl/N-ethyl adjacent to an activating group) is 1. The van der Waals surface area contributed by atoms with Crippen molar-refractivity contribution in [3.63, 3.8) is 0 Å². The van der Waals surface area contributed by atoms with Crippen LogP contribution in [0.1, 0.15) is 36.7 Å². The van der Waals surface area contributed by atoms with Gasteiger partial charge in [0.1, 0.15) is 5.60 Å². The van der Waals surface area contributed by atoms with Crippen LogP contribution in [0.4, 0.5) is 4.79 Å². The fourth-order valence-corrected chi connectivity index (χ4v) is 2.41. The zero-order chi connectivity index (χ0) is 18.3. The molecule has 24 heavy (non-hydrogen) atoms. The molecule has 6 nitrogen and oxygen atoms in total. The molecule has 0 fully saturated rings. The van der Waals surface area contributed by atoms with E-state index in [1.54, 1.807) is 12.1 Å². The summed E-state index contributed by atoms with van der Waals surface area (Å²) in [6.45, 7) is 7.05. The highest BCUT2D eigenvalue weighted by Crippen LogP contribution is 2.16. The van der Waals surface area contributed by atoms with Crippen molar-refractivity contribution in [3.05, 3.63) is 33.8 Å². The number of hydrogen-bond donors (Lipinski definition) is 2. The van der Waals surface area contributed by atoms with Crippen LogP contribution in [0.5, 0.6) is 0 Å². The van der Waals surface area contributed by atoms with Crippen LogP contribution < -0.4 is 10.6 Å². The summed E-state index contributed by atoms with van der Waals surface area (Å²) in [4.78, 5) is 25.9. The summed E-state index contributed by atoms with van der Waals surface area (Å²) in [6, 6.07) is 5.36. The van der Waals surface area contributed by atoms with E-state index < -0.39 is 11.7 Å². The van der Waals surface area contributed by atoms with Crippen molar-refractivity contribution in [3.8, 4) is 0 Å². The number of hydrogen-bond acceptors (Lipinski definition) is 4. The van der Waals surface area contributed by atoms with E-state index in [-0.39, 0.29) is 12.5 Å². The van der Waals surface area contributed by atoms with Crippen molar-refractivity contribution in [2.24, 2.45) is 0 Å². The van der Waals surface area contributed by atoms with Gasteiger partial charge < -0.3 is 20.3 Å². The molecule has 2 N–H and O–H groups in total. The number of nitrogens with zero attached hydrogens (tertiary/aromatic N) is 1. The minimum atomic E-state index is -0.543. The van der Waals surface area contributed by atoms with Crippen molar-refractivity contribution in [1.82, 2.24) is 15.5 Å². The lowest BCUT2D eigenvalue weighted by Crippen LogP contribution is -2.32. The van der Waals surface area contributed by atoms with Gasteiger partial charge in [-0.3, -0.25) is 4.79 Å². The molecule has 0 aliphatic heterocycles. The van der Waals surface area contributed by atoms with Gasteiger partial charge in [-0.1, -0.05) is 15.9 Å². The Morgan fingerprint density at radius 1 is 1.17 bits per heavy atom. The van der Waals surface area contributed by atoms with Crippen LogP contribution in [-0.4, -0.2) is 49.7 Å². The van der Waals surface area contributed by atoms with Gasteiger partial charge in [-0.25, -0.2) is 4.79 Å². The average Bonchev–Trinajstić information content (AvgIpc) is 2.42. The Labute approximate surface area is 152 Å². The lowest BCUT2D eigenvalue weighted by atomic mass is 10.1. The number of alkyl carbamates (subject to hydrolysis) is 1. The lowest BCUT2D eigenvalue weighted by Gasteiger charge is -2.19. The van der Waals surface area contributed by atoms with E-state index in [9.17, 15) is 9.59 Å². The van der Waals surface area contributed by atoms with Crippen LogP contribution in [0, 0.1) is 0 Å². The average molecular weight is 400 g/mol. The molecule has 0 heterocycles. The fraction of sp³-hybridized carbons (Fsp3) is 0.529. The van der Waals surface area contributed by atoms with Gasteiger partial charge >= 0.3 is 6.09 Å². The molecule has 0 unspecified atom stereocenters. The summed E-state index contributed by atoms with van der Waals surface area (Å²) in [7, 11) is 3.90. The first-order valence-electron chi connectivity index (χ1n) is 7.76. The number of ether oxygens (including phenoxy) is 1. The van der Waals surface area contributed by atoms with Gasteiger partial charge in [0.2, 0.25) is 0 Å². The Hall–Kier alpha value is -1.60. The Balaban J connectivity index is 2.65. The molecule has 0 saturated carbocycles. The molecule has 0 radical (unpaired) electrons. The first kappa shape index (κ1) is 20.4. The maximum absolute atomic E-state index is 12.2. The third-order valence-electron chi connectivity index (χ3n) is 2.90. The highest BCUT2D eigenvalue weighted by Gasteiger charge is 2.16. The molecular weight excluding hydrogens is 374 g/mol. The van der Waals surface area contributed by atoms with Gasteiger partial charge in [0, 0.05) is 29.7 Å². The quantitative estimate of drug-likeness (QED) is 0.771. The van der Waals surface area contributed by atoms with Crippen molar-refractivity contribution < 1.29 is 14.3 Å². The van der Waals surface area contributed by atoms with Crippen molar-refractivity contribution in [2.75, 3.05) is 27.2 Å². The molecule has 0 aliphatic carbocycles. The minimum absolute atomic E-state index is 0.142. The lowest BCUT2D eigenvalue weighted by molar-refractivity contribution is 0.0523. The maximum Gasteiger partial charge on any atom is 0.407 e. The van der Waals surface area contributed by atoms with Gasteiger partial charge in [0.25, 0.3) is 5.91 Å². The summed E-state index contributed by atoms with van der Waals surface area (Å²) >= 11 is 3.40. The van der Waals surface area contributed by atoms with E-state index in [0.29, 0.717) is 12.1 Å². The maximum atomic E-state index is 12.2. The van der Waals surface area contributed by atoms with E-state index in [1.165, 1.54) is 0 Å². The Kier molecular flexibility index (Phi) is 7.69. The van der Waals surface area contributed by atoms with Gasteiger partial charge in [-0.2, -0.15) is 0 Å². The predicted molar refractivity (Wildman–Crippen MR) is 98.1 cm³/mol. The molecule has 0 spiro atoms. The second-order valence-electron chi connectivity index (χ2n) is 6.76. The predicted octanol–water partition coefficient (Wildman–Crippen LogP) is 2.77. The van der Waals surface area contributed by atoms with Crippen LogP contribution in [0.2, 0.25) is 0 Å². The standard InChI is InChI=1S/C17H26BrN3O3/c1-17(2,3)24-16(23)20-11-12-8-13(10-14(18)9-12)15(22)19-6-7-21(4)5/h8-10H,6-7,11H2,1-5H3,(H,19,22)(H,20,23). The van der Waals surface area contributed by atoms with Gasteiger partial charge in [-0.15, -0.1) is 0 Å². The molecular formula is C17H26BrN3O3. The molecule has 134 valence electrons. The normalized spacial score (nSPS) is 11.3. The molecule has 0 atom stereocenters. The molecule has 0 aliphatic rings. The number of benzene rings is 1. The summed E-state index contributed by atoms with van der Waals surface area (Å²) in [5.74, 6) is -0.142. The molecule has 0 saturated heterocycles. The van der Waals surface area contributed by atoms with Gasteiger partial charge in [0.15, 0.2) is 0 Å². The smallest absolute Gasteiger partial charge is 0.407 e. The summed E-state index contributed by atoms with van der Waals surface area (Å²) in [5, 5.41) is 5.55. The van der Waals surface area contributed by atoms with Gasteiger partial charge in [-0.05, 0) is 58.6 Å². The number of carbonyl (C=O) groups excluding carboxylic acids is 2. The SMILES string of the molecule is CN(C)CCNC(=O)c1cc(Br)cc(CNC(=O)OC(C)(C)C)c1. The van der Waals surface area contributed by atoms with E-state index in [4.69, 9.17) is 4.74 Å². The van der Waals surface area contributed by atoms with Crippen LogP contribution in [0.25, 0.3) is 0 Å². The molecule has 0 aromatic heterocycles. The third kappa shape index (κ3) is 8.31. The van der Waals surface area contributed by atoms with Crippen molar-refractivity contribution in [1.29, 1.82) is 0 Å². The van der Waals surface area contributed by atoms with Crippen molar-refractivity contribution in [2.45, 2.75) is 32.9 Å². The first-order chi connectivity index (χ1) is 11.1. The Morgan fingerprint density at radius 3 is 2.42 bits per heavy atom. The summed E-state index contributed by atoms with van der Waals surface area (Å²) < 4.78 is 5.98. The van der Waals surface area contributed by atoms with Gasteiger partial charge in [0.05, 0.1) is 0 Å². The van der Waals surface area contributed by atoms with Crippen LogP contribution in [-0.2, 0) is 11.3 Å². The van der Waals surface area contributed by atoms with E-state index in [0.717, 1.165) is 16.6 Å². The molecule has 0 bridgehead atoms. The van der Waals surface area contributed by atoms with E-state index >= 15 is 0 Å². The first-order valence-corrected chi connectivity index (χ1v) is 8.55. The zero-order valence-corrected chi connectivity index (χ0v) is 16.5. The highest BCUT2D eigenvalue weighted by molar-refractivity contribution is 9.10. The van der Waals surface area contributed by atoms with Crippen LogP contribution >= 0.6 is 15.9 Å². The number of amides is 2. The molecule has 1 aromatic rings. The fourth-order valence-electron chi connectivity index (χ4n) is 1.87. The van der Waals surface area contributed by atoms with Crippen molar-refractivity contribution >= 4 is 27.9 Å². The molecule has 7 heteroatoms. The third-order valence-corrected chi connectivity index (χ3v) is 3.36. The second-order valence-corrected chi connectivity index (χ2v) is 7.68. The van der Waals surface area contributed by atoms with Crippen LogP contribution in [0.3, 0.4) is 0 Å². The molecule has 2 amide bonds. The number of halogens is 1. The number of nitrogens with one attached hydrogen (secondary N) is 2. The zero-order valence-electron chi connectivity index (χ0n) is 14.9. The number of carbonyl (C=O) groups is 2. The Morgan fingerprint density at radius 2 is 1.83 bits per heavy atom. The minimum Gasteiger partial charge on any atom is -0.444 e. The highest BCUT2D eigenvalue weighted by atomic mass is 79.9. The largest absolute Gasteiger partial charge is 0.444 e. The summed E-state index contributed by atoms with van der Waals surface area (Å²) in [6.07, 6.45) is -0.487. The van der Waals surface area contributed by atoms with E-state index in [1.807, 2.05) is 45.8 Å². The summed E-state index contributed by atoms with van der Waals surface area (Å²) in [5.41, 5.74) is 0.816. The van der Waals surface area contributed by atoms with Crippen LogP contribution in [0.15, 0.2) is 22.7 Å². The molecule has 1 rings (SSSR count). The monoisotopic (exact) mass is 399 g/mol. The van der Waals surface area contributed by atoms with E-state index in [2.05, 4.69) is 26.6 Å².